The summed E-state index contributed by atoms with van der Waals surface area (Å²) in [6.45, 7) is 16.4. The van der Waals surface area contributed by atoms with E-state index in [9.17, 15) is 29.1 Å². The predicted molar refractivity (Wildman–Crippen MR) is 267 cm³/mol. The molecule has 0 saturated carbocycles. The second kappa shape index (κ2) is 20.5. The van der Waals surface area contributed by atoms with E-state index < -0.39 is 52.8 Å². The molecule has 4 N–H and O–H groups in total. The van der Waals surface area contributed by atoms with Crippen LogP contribution in [0.15, 0.2) is 54.7 Å². The van der Waals surface area contributed by atoms with Crippen LogP contribution in [0, 0.1) is 17.3 Å². The first-order valence-corrected chi connectivity index (χ1v) is 25.1. The molecule has 0 unspecified atom stereocenters. The molecular formula is C54H72N8O8. The Morgan fingerprint density at radius 1 is 1.03 bits per heavy atom. The first-order chi connectivity index (χ1) is 33.3. The number of phenolic OH excluding ortho intramolecular Hbond substituents is 1. The van der Waals surface area contributed by atoms with Crippen molar-refractivity contribution < 1.29 is 38.6 Å². The van der Waals surface area contributed by atoms with Gasteiger partial charge in [0, 0.05) is 74.8 Å². The van der Waals surface area contributed by atoms with Gasteiger partial charge in [-0.3, -0.25) is 34.0 Å². The highest BCUT2D eigenvalue weighted by Crippen LogP contribution is 2.42. The Bertz CT molecular complexity index is 2640. The summed E-state index contributed by atoms with van der Waals surface area (Å²) in [7, 11) is 3.29. The van der Waals surface area contributed by atoms with Gasteiger partial charge >= 0.3 is 5.97 Å². The average molecular weight is 961 g/mol. The van der Waals surface area contributed by atoms with Crippen LogP contribution in [-0.2, 0) is 52.8 Å². The van der Waals surface area contributed by atoms with Gasteiger partial charge in [0.05, 0.1) is 35.6 Å². The largest absolute Gasteiger partial charge is 0.508 e. The van der Waals surface area contributed by atoms with Crippen molar-refractivity contribution in [3.8, 4) is 28.1 Å². The molecule has 16 nitrogen and oxygen atoms in total. The number of rotatable bonds is 10. The number of benzene rings is 2. The van der Waals surface area contributed by atoms with E-state index in [0.717, 1.165) is 63.9 Å². The van der Waals surface area contributed by atoms with Crippen molar-refractivity contribution in [1.82, 2.24) is 40.4 Å². The van der Waals surface area contributed by atoms with E-state index in [1.54, 1.807) is 37.4 Å². The lowest BCUT2D eigenvalue weighted by Crippen LogP contribution is -2.62. The number of aromatic nitrogens is 2. The molecule has 6 bridgehead atoms. The Kier molecular flexibility index (Phi) is 14.8. The van der Waals surface area contributed by atoms with Gasteiger partial charge in [-0.05, 0) is 130 Å². The third-order valence-electron chi connectivity index (χ3n) is 15.0. The number of methoxy groups -OCH3 is 1. The van der Waals surface area contributed by atoms with Gasteiger partial charge in [-0.25, -0.2) is 5.43 Å². The molecule has 6 atom stereocenters. The molecule has 0 spiro atoms. The molecule has 3 fully saturated rings. The first-order valence-electron chi connectivity index (χ1n) is 25.1. The molecule has 0 radical (unpaired) electrons. The highest BCUT2D eigenvalue weighted by molar-refractivity contribution is 5.96. The zero-order chi connectivity index (χ0) is 50.2. The molecule has 4 aromatic rings. The van der Waals surface area contributed by atoms with Crippen LogP contribution in [0.1, 0.15) is 103 Å². The minimum atomic E-state index is -1.16. The molecule has 16 heteroatoms. The zero-order valence-corrected chi connectivity index (χ0v) is 42.4. The molecule has 376 valence electrons. The summed E-state index contributed by atoms with van der Waals surface area (Å²) in [6, 6.07) is 12.6. The lowest BCUT2D eigenvalue weighted by Gasteiger charge is -2.37. The number of ether oxygens (including phenoxy) is 2. The summed E-state index contributed by atoms with van der Waals surface area (Å²) < 4.78 is 14.2. The van der Waals surface area contributed by atoms with Gasteiger partial charge in [0.15, 0.2) is 0 Å². The number of cyclic esters (lactones) is 1. The molecule has 4 aliphatic rings. The quantitative estimate of drug-likeness (QED) is 0.138. The molecule has 70 heavy (non-hydrogen) atoms. The van der Waals surface area contributed by atoms with Crippen LogP contribution in [0.5, 0.6) is 5.75 Å². The van der Waals surface area contributed by atoms with Crippen LogP contribution in [0.2, 0.25) is 0 Å². The number of fused-ring (bicyclic) bond motifs is 6. The van der Waals surface area contributed by atoms with Crippen LogP contribution in [-0.4, -0.2) is 130 Å². The number of likely N-dealkylation sites (N-methyl/N-ethyl adjacent to an activating group) is 1. The highest BCUT2D eigenvalue weighted by atomic mass is 16.5. The molecule has 3 saturated heterocycles. The lowest BCUT2D eigenvalue weighted by molar-refractivity contribution is -0.155. The number of pyridine rings is 1. The summed E-state index contributed by atoms with van der Waals surface area (Å²) in [5, 5.41) is 20.2. The topological polar surface area (TPSA) is 188 Å². The Labute approximate surface area is 411 Å². The second-order valence-electron chi connectivity index (χ2n) is 21.3. The lowest BCUT2D eigenvalue weighted by atomic mass is 9.84. The van der Waals surface area contributed by atoms with Crippen molar-refractivity contribution in [1.29, 1.82) is 0 Å². The zero-order valence-electron chi connectivity index (χ0n) is 42.4. The van der Waals surface area contributed by atoms with Crippen molar-refractivity contribution in [2.75, 3.05) is 46.9 Å². The molecule has 4 amide bonds. The fourth-order valence-corrected chi connectivity index (χ4v) is 11.2. The number of hydrogen-bond acceptors (Lipinski definition) is 11. The van der Waals surface area contributed by atoms with Crippen LogP contribution in [0.4, 0.5) is 0 Å². The van der Waals surface area contributed by atoms with E-state index in [2.05, 4.69) is 59.6 Å². The maximum Gasteiger partial charge on any atom is 0.324 e. The normalized spacial score (nSPS) is 23.8. The minimum absolute atomic E-state index is 0.00572. The monoisotopic (exact) mass is 961 g/mol. The van der Waals surface area contributed by atoms with Gasteiger partial charge in [0.1, 0.15) is 23.9 Å². The maximum absolute atomic E-state index is 14.8. The SMILES string of the molecule is CCn1c(-c2cccnc2[C@H](C)OC)c2c3cc(ccc31)-c1cc(O)cc(c1)C[C@H](NC(=O)[C@H](C(C)C)N(C)C(=O)[C@H]1CCN(C(=O)[C@]3(C)CCCN3)C1)C(=O)N1CCC[C@H](N1)C(=O)OCC(C)(C)C2. The van der Waals surface area contributed by atoms with Crippen molar-refractivity contribution in [2.45, 2.75) is 130 Å². The molecule has 4 aliphatic heterocycles. The number of phenols is 1. The van der Waals surface area contributed by atoms with E-state index in [-0.39, 0.29) is 55.7 Å². The van der Waals surface area contributed by atoms with Crippen LogP contribution >= 0.6 is 0 Å². The number of hydrogen-bond donors (Lipinski definition) is 4. The van der Waals surface area contributed by atoms with Crippen LogP contribution in [0.3, 0.4) is 0 Å². The Morgan fingerprint density at radius 3 is 2.53 bits per heavy atom. The molecule has 0 aliphatic carbocycles. The average Bonchev–Trinajstić information content (AvgIpc) is 4.09. The summed E-state index contributed by atoms with van der Waals surface area (Å²) in [6.07, 6.45) is 5.12. The number of carbonyl (C=O) groups excluding carboxylic acids is 5. The molecule has 8 rings (SSSR count). The number of nitrogens with zero attached hydrogens (tertiary/aromatic N) is 5. The smallest absolute Gasteiger partial charge is 0.324 e. The number of hydrazine groups is 1. The van der Waals surface area contributed by atoms with E-state index in [0.29, 0.717) is 44.3 Å². The van der Waals surface area contributed by atoms with E-state index >= 15 is 0 Å². The summed E-state index contributed by atoms with van der Waals surface area (Å²) >= 11 is 0. The summed E-state index contributed by atoms with van der Waals surface area (Å²) in [4.78, 5) is 79.3. The highest BCUT2D eigenvalue weighted by Gasteiger charge is 2.44. The third-order valence-corrected chi connectivity index (χ3v) is 15.0. The van der Waals surface area contributed by atoms with Gasteiger partial charge < -0.3 is 39.6 Å². The molecule has 6 heterocycles. The van der Waals surface area contributed by atoms with E-state index in [1.807, 2.05) is 45.9 Å². The molecule has 2 aromatic carbocycles. The third kappa shape index (κ3) is 10.2. The Balaban J connectivity index is 1.16. The van der Waals surface area contributed by atoms with Crippen molar-refractivity contribution in [3.05, 3.63) is 71.5 Å². The number of aromatic hydroxyl groups is 1. The van der Waals surface area contributed by atoms with Crippen molar-refractivity contribution in [3.63, 3.8) is 0 Å². The first kappa shape index (κ1) is 50.5. The molecule has 2 aromatic heterocycles. The molecular weight excluding hydrogens is 889 g/mol. The Hall–Kier alpha value is -5.84. The van der Waals surface area contributed by atoms with Gasteiger partial charge in [-0.2, -0.15) is 0 Å². The number of aryl methyl sites for hydroxylation is 1. The van der Waals surface area contributed by atoms with Gasteiger partial charge in [0.2, 0.25) is 17.7 Å². The standard InChI is InChI=1S/C54H72N8O8/c1-10-61-44-17-16-35-28-40(44)41(47(61)39-14-11-20-55-45(39)33(4)69-9)29-53(5,6)31-70-51(67)42-15-12-22-62(58-42)50(66)43(26-34-24-37(35)27-38(63)25-34)57-48(64)46(32(2)3)59(8)49(65)36-18-23-60(30-36)52(68)54(7)19-13-21-56-54/h11,14,16-17,20,24-25,27-28,32-33,36,42-43,46,56,58,63H,10,12-13,15,18-19,21-23,26,29-31H2,1-9H3,(H,57,64)/t33-,36-,42-,43-,46-,54-/m0/s1. The van der Waals surface area contributed by atoms with Crippen LogP contribution < -0.4 is 16.1 Å². The fraction of sp³-hybridized carbons (Fsp3) is 0.556. The summed E-state index contributed by atoms with van der Waals surface area (Å²) in [5.74, 6) is -2.54. The maximum atomic E-state index is 14.8. The number of esters is 1. The predicted octanol–water partition coefficient (Wildman–Crippen LogP) is 5.93. The Morgan fingerprint density at radius 2 is 1.81 bits per heavy atom. The van der Waals surface area contributed by atoms with E-state index in [1.165, 1.54) is 9.91 Å². The number of carbonyl (C=O) groups is 5. The van der Waals surface area contributed by atoms with E-state index in [4.69, 9.17) is 14.5 Å². The fourth-order valence-electron chi connectivity index (χ4n) is 11.2. The van der Waals surface area contributed by atoms with Gasteiger partial charge in [-0.15, -0.1) is 0 Å². The number of amides is 4. The van der Waals surface area contributed by atoms with Crippen molar-refractivity contribution >= 4 is 40.5 Å². The van der Waals surface area contributed by atoms with Crippen molar-refractivity contribution in [2.24, 2.45) is 17.3 Å². The van der Waals surface area contributed by atoms with Gasteiger partial charge in [0.25, 0.3) is 5.91 Å². The second-order valence-corrected chi connectivity index (χ2v) is 21.3. The number of nitrogens with one attached hydrogen (secondary N) is 3. The van der Waals surface area contributed by atoms with Crippen LogP contribution in [0.25, 0.3) is 33.3 Å². The minimum Gasteiger partial charge on any atom is -0.508 e. The van der Waals surface area contributed by atoms with Gasteiger partial charge in [-0.1, -0.05) is 39.8 Å². The summed E-state index contributed by atoms with van der Waals surface area (Å²) in [5.41, 5.74) is 8.93. The number of likely N-dealkylation sites (tertiary alicyclic amines) is 1.